The van der Waals surface area contributed by atoms with Crippen molar-refractivity contribution in [3.05, 3.63) is 12.2 Å². The van der Waals surface area contributed by atoms with Crippen molar-refractivity contribution in [2.45, 2.75) is 158 Å². The number of esters is 1. The minimum atomic E-state index is -1.14. The SMILES string of the molecule is C=C(C)[C@@H]1CC[C@]2(CC(=O)N(C)CC3CC(C)CN3C)CC[C@]3(C)[C@H](CC[C@H]4C3(C)CC[C@H]3C(C)(C)[C@@H](OC(=O)CC(C)(C)C(=O)O)CC[C@@]34C)[C@@H]12. The average Bonchev–Trinajstić information content (AvgIpc) is 3.57. The zero-order valence-corrected chi connectivity index (χ0v) is 34.9. The third-order valence-corrected chi connectivity index (χ3v) is 17.9. The maximum Gasteiger partial charge on any atom is 0.309 e. The van der Waals surface area contributed by atoms with Gasteiger partial charge in [0, 0.05) is 38.0 Å². The van der Waals surface area contributed by atoms with Crippen molar-refractivity contribution in [3.8, 4) is 0 Å². The highest BCUT2D eigenvalue weighted by atomic mass is 16.5. The van der Waals surface area contributed by atoms with Crippen LogP contribution in [0.15, 0.2) is 12.2 Å². The third kappa shape index (κ3) is 6.21. The van der Waals surface area contributed by atoms with Crippen LogP contribution in [-0.2, 0) is 19.1 Å². The van der Waals surface area contributed by atoms with Gasteiger partial charge in [-0.2, -0.15) is 0 Å². The molecular formula is C45H74N2O5. The molecule has 0 spiro atoms. The topological polar surface area (TPSA) is 87.2 Å². The van der Waals surface area contributed by atoms with Crippen LogP contribution in [0.4, 0.5) is 0 Å². The number of hydrogen-bond donors (Lipinski definition) is 1. The molecular weight excluding hydrogens is 649 g/mol. The highest BCUT2D eigenvalue weighted by Gasteiger charge is 2.71. The molecule has 12 atom stereocenters. The molecule has 3 unspecified atom stereocenters. The number of amides is 1. The molecule has 6 fully saturated rings. The number of fused-ring (bicyclic) bond motifs is 7. The fourth-order valence-electron chi connectivity index (χ4n) is 14.8. The summed E-state index contributed by atoms with van der Waals surface area (Å²) < 4.78 is 6.20. The van der Waals surface area contributed by atoms with Crippen LogP contribution in [0.5, 0.6) is 0 Å². The van der Waals surface area contributed by atoms with Gasteiger partial charge in [-0.05, 0) is 156 Å². The van der Waals surface area contributed by atoms with Crippen LogP contribution in [0, 0.1) is 68.0 Å². The van der Waals surface area contributed by atoms with E-state index in [4.69, 9.17) is 4.74 Å². The molecule has 1 N–H and O–H groups in total. The van der Waals surface area contributed by atoms with E-state index in [2.05, 4.69) is 78.9 Å². The molecule has 0 aromatic carbocycles. The predicted molar refractivity (Wildman–Crippen MR) is 207 cm³/mol. The minimum absolute atomic E-state index is 0.0669. The molecule has 1 amide bonds. The number of carboxylic acid groups (broad SMARTS) is 1. The number of ether oxygens (including phenoxy) is 1. The van der Waals surface area contributed by atoms with E-state index in [0.29, 0.717) is 53.9 Å². The summed E-state index contributed by atoms with van der Waals surface area (Å²) in [4.78, 5) is 43.6. The maximum atomic E-state index is 14.2. The molecule has 0 radical (unpaired) electrons. The first-order chi connectivity index (χ1) is 24.0. The lowest BCUT2D eigenvalue weighted by molar-refractivity contribution is -0.250. The summed E-state index contributed by atoms with van der Waals surface area (Å²) in [6, 6.07) is 0.460. The minimum Gasteiger partial charge on any atom is -0.481 e. The van der Waals surface area contributed by atoms with E-state index in [1.54, 1.807) is 13.8 Å². The molecule has 0 bridgehead atoms. The number of carbonyl (C=O) groups excluding carboxylic acids is 2. The van der Waals surface area contributed by atoms with E-state index >= 15 is 0 Å². The number of allylic oxidation sites excluding steroid dienone is 1. The van der Waals surface area contributed by atoms with Gasteiger partial charge in [-0.1, -0.05) is 53.7 Å². The highest BCUT2D eigenvalue weighted by Crippen LogP contribution is 2.78. The van der Waals surface area contributed by atoms with Crippen LogP contribution in [0.1, 0.15) is 146 Å². The van der Waals surface area contributed by atoms with Gasteiger partial charge < -0.3 is 19.6 Å². The van der Waals surface area contributed by atoms with Gasteiger partial charge in [0.05, 0.1) is 11.8 Å². The Labute approximate surface area is 316 Å². The quantitative estimate of drug-likeness (QED) is 0.189. The van der Waals surface area contributed by atoms with Crippen molar-refractivity contribution < 1.29 is 24.2 Å². The summed E-state index contributed by atoms with van der Waals surface area (Å²) >= 11 is 0. The van der Waals surface area contributed by atoms with E-state index in [1.165, 1.54) is 44.1 Å². The van der Waals surface area contributed by atoms with E-state index < -0.39 is 11.4 Å². The molecule has 1 heterocycles. The van der Waals surface area contributed by atoms with Crippen molar-refractivity contribution in [1.29, 1.82) is 0 Å². The first-order valence-electron chi connectivity index (χ1n) is 21.0. The van der Waals surface area contributed by atoms with Gasteiger partial charge in [0.2, 0.25) is 5.91 Å². The van der Waals surface area contributed by atoms with Gasteiger partial charge >= 0.3 is 11.9 Å². The Morgan fingerprint density at radius 2 is 1.62 bits per heavy atom. The summed E-state index contributed by atoms with van der Waals surface area (Å²) in [7, 11) is 4.28. The number of nitrogens with zero attached hydrogens (tertiary/aromatic N) is 2. The highest BCUT2D eigenvalue weighted by molar-refractivity contribution is 5.81. The summed E-state index contributed by atoms with van der Waals surface area (Å²) in [6.45, 7) is 26.9. The summed E-state index contributed by atoms with van der Waals surface area (Å²) in [6.07, 6.45) is 12.9. The fraction of sp³-hybridized carbons (Fsp3) is 0.889. The second-order valence-corrected chi connectivity index (χ2v) is 21.6. The predicted octanol–water partition coefficient (Wildman–Crippen LogP) is 9.25. The number of rotatable bonds is 9. The number of carboxylic acids is 1. The van der Waals surface area contributed by atoms with Crippen LogP contribution >= 0.6 is 0 Å². The lowest BCUT2D eigenvalue weighted by atomic mass is 9.32. The number of likely N-dealkylation sites (N-methyl/N-ethyl adjacent to an activating group) is 2. The van der Waals surface area contributed by atoms with Crippen molar-refractivity contribution in [2.24, 2.45) is 68.0 Å². The third-order valence-electron chi connectivity index (χ3n) is 17.9. The second kappa shape index (κ2) is 13.4. The van der Waals surface area contributed by atoms with E-state index in [0.717, 1.165) is 45.2 Å². The Balaban J connectivity index is 1.22. The van der Waals surface area contributed by atoms with E-state index in [1.807, 2.05) is 0 Å². The molecule has 6 rings (SSSR count). The fourth-order valence-corrected chi connectivity index (χ4v) is 14.8. The monoisotopic (exact) mass is 723 g/mol. The maximum absolute atomic E-state index is 14.2. The molecule has 1 aliphatic heterocycles. The summed E-state index contributed by atoms with van der Waals surface area (Å²) in [5, 5.41) is 9.62. The van der Waals surface area contributed by atoms with Crippen LogP contribution < -0.4 is 0 Å². The Morgan fingerprint density at radius 3 is 2.23 bits per heavy atom. The second-order valence-electron chi connectivity index (χ2n) is 21.6. The zero-order valence-electron chi connectivity index (χ0n) is 34.9. The van der Waals surface area contributed by atoms with Crippen molar-refractivity contribution in [1.82, 2.24) is 9.80 Å². The Kier molecular flexibility index (Phi) is 10.3. The molecule has 1 saturated heterocycles. The molecule has 7 nitrogen and oxygen atoms in total. The Hall–Kier alpha value is -1.89. The van der Waals surface area contributed by atoms with Crippen molar-refractivity contribution in [2.75, 3.05) is 27.2 Å². The Morgan fingerprint density at radius 1 is 0.923 bits per heavy atom. The van der Waals surface area contributed by atoms with Gasteiger partial charge in [-0.3, -0.25) is 14.4 Å². The van der Waals surface area contributed by atoms with Gasteiger partial charge in [0.25, 0.3) is 0 Å². The van der Waals surface area contributed by atoms with Gasteiger partial charge in [0.15, 0.2) is 0 Å². The molecule has 5 aliphatic carbocycles. The van der Waals surface area contributed by atoms with E-state index in [9.17, 15) is 19.5 Å². The van der Waals surface area contributed by atoms with Crippen molar-refractivity contribution >= 4 is 17.8 Å². The van der Waals surface area contributed by atoms with Crippen molar-refractivity contribution in [3.63, 3.8) is 0 Å². The molecule has 0 aromatic heterocycles. The van der Waals surface area contributed by atoms with Gasteiger partial charge in [-0.25, -0.2) is 0 Å². The number of likely N-dealkylation sites (tertiary alicyclic amines) is 1. The molecule has 52 heavy (non-hydrogen) atoms. The number of carbonyl (C=O) groups is 3. The van der Waals surface area contributed by atoms with Crippen LogP contribution in [-0.4, -0.2) is 72.1 Å². The first kappa shape index (κ1) is 39.8. The summed E-state index contributed by atoms with van der Waals surface area (Å²) in [5.74, 6) is 2.32. The normalized spacial score (nSPS) is 44.1. The molecule has 6 aliphatic rings. The average molecular weight is 723 g/mol. The lowest BCUT2D eigenvalue weighted by Gasteiger charge is -2.73. The van der Waals surface area contributed by atoms with Crippen LogP contribution in [0.25, 0.3) is 0 Å². The Bertz CT molecular complexity index is 1440. The van der Waals surface area contributed by atoms with Crippen LogP contribution in [0.2, 0.25) is 0 Å². The zero-order chi connectivity index (χ0) is 38.4. The summed E-state index contributed by atoms with van der Waals surface area (Å²) in [5.41, 5.74) is 0.606. The molecule has 0 aromatic rings. The van der Waals surface area contributed by atoms with Gasteiger partial charge in [-0.15, -0.1) is 0 Å². The number of hydrogen-bond acceptors (Lipinski definition) is 5. The number of aliphatic carboxylic acids is 1. The molecule has 294 valence electrons. The van der Waals surface area contributed by atoms with Crippen LogP contribution in [0.3, 0.4) is 0 Å². The first-order valence-corrected chi connectivity index (χ1v) is 21.0. The lowest BCUT2D eigenvalue weighted by Crippen LogP contribution is -2.67. The van der Waals surface area contributed by atoms with Gasteiger partial charge in [0.1, 0.15) is 6.10 Å². The smallest absolute Gasteiger partial charge is 0.309 e. The molecule has 7 heteroatoms. The standard InChI is InChI=1S/C45H74N2O5/c1-28(2)31-15-20-45(24-36(48)47(12)27-30-23-29(3)26-46(30)11)22-21-43(9)32(38(31)45)13-14-34-42(8)18-17-35(52-37(49)25-40(4,5)39(50)51)41(6,7)33(42)16-19-44(34,43)10/h29-35,38H,1,13-27H2,2-12H3,(H,50,51)/t29?,30?,31-,32+,33-,34+,35-,38+,42-,43+,44?,45+/m0/s1. The molecule has 5 saturated carbocycles. The largest absolute Gasteiger partial charge is 0.481 e. The van der Waals surface area contributed by atoms with E-state index in [-0.39, 0.29) is 45.6 Å².